The lowest BCUT2D eigenvalue weighted by atomic mass is 10.3. The van der Waals surface area contributed by atoms with Crippen LogP contribution < -0.4 is 5.32 Å². The van der Waals surface area contributed by atoms with Crippen LogP contribution in [0.15, 0.2) is 23.6 Å². The number of aromatic nitrogens is 2. The van der Waals surface area contributed by atoms with Gasteiger partial charge in [-0.1, -0.05) is 6.07 Å². The van der Waals surface area contributed by atoms with E-state index in [1.807, 2.05) is 19.9 Å². The molecule has 0 aromatic carbocycles. The number of anilines is 1. The van der Waals surface area contributed by atoms with Crippen LogP contribution in [0.5, 0.6) is 0 Å². The molecule has 2 aromatic rings. The maximum absolute atomic E-state index is 4.37. The summed E-state index contributed by atoms with van der Waals surface area (Å²) in [5.41, 5.74) is 1.99. The van der Waals surface area contributed by atoms with Crippen molar-refractivity contribution in [3.8, 4) is 0 Å². The van der Waals surface area contributed by atoms with Gasteiger partial charge < -0.3 is 5.32 Å². The average Bonchev–Trinajstić information content (AvgIpc) is 2.68. The first kappa shape index (κ1) is 11.1. The van der Waals surface area contributed by atoms with Crippen molar-refractivity contribution >= 4 is 17.3 Å². The van der Waals surface area contributed by atoms with Crippen LogP contribution in [0.3, 0.4) is 0 Å². The lowest BCUT2D eigenvalue weighted by Crippen LogP contribution is -2.09. The highest BCUT2D eigenvalue weighted by Gasteiger charge is 2.08. The molecule has 2 heterocycles. The fourth-order valence-electron chi connectivity index (χ4n) is 1.59. The smallest absolute Gasteiger partial charge is 0.223 e. The van der Waals surface area contributed by atoms with Crippen molar-refractivity contribution in [3.63, 3.8) is 0 Å². The Bertz CT molecular complexity index is 445. The van der Waals surface area contributed by atoms with Crippen LogP contribution in [-0.4, -0.2) is 9.97 Å². The molecule has 0 aliphatic carbocycles. The van der Waals surface area contributed by atoms with Crippen LogP contribution in [0.2, 0.25) is 0 Å². The number of hydrogen-bond donors (Lipinski definition) is 1. The van der Waals surface area contributed by atoms with Gasteiger partial charge in [0.05, 0.1) is 6.04 Å². The molecule has 0 spiro atoms. The normalized spacial score (nSPS) is 12.4. The molecule has 4 heteroatoms. The van der Waals surface area contributed by atoms with Crippen LogP contribution in [0.1, 0.15) is 29.2 Å². The first-order chi connectivity index (χ1) is 7.65. The number of nitrogens with one attached hydrogen (secondary N) is 1. The van der Waals surface area contributed by atoms with E-state index < -0.39 is 0 Å². The van der Waals surface area contributed by atoms with Gasteiger partial charge in [-0.05, 0) is 38.3 Å². The standard InChI is InChI=1S/C12H15N3S/c1-8-7-9(2)14-12(13-8)15-10(3)11-5-4-6-16-11/h4-7,10H,1-3H3,(H,13,14,15). The highest BCUT2D eigenvalue weighted by Crippen LogP contribution is 2.21. The molecule has 3 nitrogen and oxygen atoms in total. The summed E-state index contributed by atoms with van der Waals surface area (Å²) in [5, 5.41) is 5.39. The van der Waals surface area contributed by atoms with E-state index in [0.29, 0.717) is 5.95 Å². The topological polar surface area (TPSA) is 37.8 Å². The minimum absolute atomic E-state index is 0.251. The Kier molecular flexibility index (Phi) is 3.19. The molecule has 1 atom stereocenters. The monoisotopic (exact) mass is 233 g/mol. The van der Waals surface area contributed by atoms with E-state index in [0.717, 1.165) is 11.4 Å². The molecule has 1 unspecified atom stereocenters. The number of nitrogens with zero attached hydrogens (tertiary/aromatic N) is 2. The van der Waals surface area contributed by atoms with E-state index in [-0.39, 0.29) is 6.04 Å². The zero-order valence-electron chi connectivity index (χ0n) is 9.69. The van der Waals surface area contributed by atoms with Crippen molar-refractivity contribution in [2.24, 2.45) is 0 Å². The summed E-state index contributed by atoms with van der Waals surface area (Å²) in [6.45, 7) is 6.08. The van der Waals surface area contributed by atoms with E-state index in [9.17, 15) is 0 Å². The van der Waals surface area contributed by atoms with Crippen molar-refractivity contribution in [2.75, 3.05) is 5.32 Å². The van der Waals surface area contributed by atoms with Gasteiger partial charge in [0, 0.05) is 16.3 Å². The van der Waals surface area contributed by atoms with Gasteiger partial charge in [-0.15, -0.1) is 11.3 Å². The Morgan fingerprint density at radius 1 is 1.25 bits per heavy atom. The summed E-state index contributed by atoms with van der Waals surface area (Å²) in [7, 11) is 0. The molecule has 0 radical (unpaired) electrons. The van der Waals surface area contributed by atoms with Crippen molar-refractivity contribution in [1.82, 2.24) is 9.97 Å². The summed E-state index contributed by atoms with van der Waals surface area (Å²) >= 11 is 1.74. The van der Waals surface area contributed by atoms with Gasteiger partial charge in [-0.25, -0.2) is 9.97 Å². The third-order valence-electron chi connectivity index (χ3n) is 2.30. The zero-order chi connectivity index (χ0) is 11.5. The molecule has 16 heavy (non-hydrogen) atoms. The second kappa shape index (κ2) is 4.61. The molecule has 2 rings (SSSR count). The quantitative estimate of drug-likeness (QED) is 0.883. The van der Waals surface area contributed by atoms with Gasteiger partial charge in [0.1, 0.15) is 0 Å². The van der Waals surface area contributed by atoms with Crippen LogP contribution >= 0.6 is 11.3 Å². The second-order valence-electron chi connectivity index (χ2n) is 3.86. The maximum Gasteiger partial charge on any atom is 0.223 e. The SMILES string of the molecule is Cc1cc(C)nc(NC(C)c2cccs2)n1. The van der Waals surface area contributed by atoms with E-state index in [1.165, 1.54) is 4.88 Å². The molecule has 0 saturated carbocycles. The third-order valence-corrected chi connectivity index (χ3v) is 3.35. The molecule has 84 valence electrons. The van der Waals surface area contributed by atoms with Crippen LogP contribution in [0.25, 0.3) is 0 Å². The number of aryl methyl sites for hydroxylation is 2. The molecule has 0 saturated heterocycles. The molecule has 0 aliphatic rings. The molecule has 0 aliphatic heterocycles. The first-order valence-corrected chi connectivity index (χ1v) is 6.15. The van der Waals surface area contributed by atoms with Gasteiger partial charge in [-0.3, -0.25) is 0 Å². The molecule has 0 fully saturated rings. The first-order valence-electron chi connectivity index (χ1n) is 5.27. The fraction of sp³-hybridized carbons (Fsp3) is 0.333. The predicted molar refractivity (Wildman–Crippen MR) is 67.9 cm³/mol. The zero-order valence-corrected chi connectivity index (χ0v) is 10.5. The molecule has 2 aromatic heterocycles. The molecular weight excluding hydrogens is 218 g/mol. The minimum atomic E-state index is 0.251. The molecular formula is C12H15N3S. The van der Waals surface area contributed by atoms with Crippen LogP contribution in [-0.2, 0) is 0 Å². The molecule has 0 amide bonds. The van der Waals surface area contributed by atoms with Crippen LogP contribution in [0, 0.1) is 13.8 Å². The molecule has 0 bridgehead atoms. The Morgan fingerprint density at radius 2 is 1.94 bits per heavy atom. The number of thiophene rings is 1. The van der Waals surface area contributed by atoms with E-state index >= 15 is 0 Å². The maximum atomic E-state index is 4.37. The number of hydrogen-bond acceptors (Lipinski definition) is 4. The Labute approximate surface area is 99.6 Å². The summed E-state index contributed by atoms with van der Waals surface area (Å²) in [5.74, 6) is 0.707. The predicted octanol–water partition coefficient (Wildman–Crippen LogP) is 3.33. The highest BCUT2D eigenvalue weighted by atomic mass is 32.1. The summed E-state index contributed by atoms with van der Waals surface area (Å²) in [4.78, 5) is 10.0. The van der Waals surface area contributed by atoms with Crippen molar-refractivity contribution in [2.45, 2.75) is 26.8 Å². The van der Waals surface area contributed by atoms with Gasteiger partial charge in [-0.2, -0.15) is 0 Å². The lowest BCUT2D eigenvalue weighted by Gasteiger charge is -2.12. The Morgan fingerprint density at radius 3 is 2.50 bits per heavy atom. The third kappa shape index (κ3) is 2.58. The van der Waals surface area contributed by atoms with Crippen molar-refractivity contribution in [3.05, 3.63) is 39.8 Å². The highest BCUT2D eigenvalue weighted by molar-refractivity contribution is 7.10. The van der Waals surface area contributed by atoms with Crippen molar-refractivity contribution in [1.29, 1.82) is 0 Å². The largest absolute Gasteiger partial charge is 0.347 e. The summed E-state index contributed by atoms with van der Waals surface area (Å²) in [6.07, 6.45) is 0. The van der Waals surface area contributed by atoms with Gasteiger partial charge in [0.2, 0.25) is 5.95 Å². The van der Waals surface area contributed by atoms with Crippen LogP contribution in [0.4, 0.5) is 5.95 Å². The summed E-state index contributed by atoms with van der Waals surface area (Å²) in [6, 6.07) is 6.40. The van der Waals surface area contributed by atoms with E-state index in [1.54, 1.807) is 11.3 Å². The minimum Gasteiger partial charge on any atom is -0.347 e. The lowest BCUT2D eigenvalue weighted by molar-refractivity contribution is 0.871. The molecule has 1 N–H and O–H groups in total. The summed E-state index contributed by atoms with van der Waals surface area (Å²) < 4.78 is 0. The Balaban J connectivity index is 2.15. The van der Waals surface area contributed by atoms with Crippen molar-refractivity contribution < 1.29 is 0 Å². The van der Waals surface area contributed by atoms with E-state index in [4.69, 9.17) is 0 Å². The van der Waals surface area contributed by atoms with E-state index in [2.05, 4.69) is 39.7 Å². The van der Waals surface area contributed by atoms with Gasteiger partial charge in [0.15, 0.2) is 0 Å². The average molecular weight is 233 g/mol. The Hall–Kier alpha value is -1.42. The van der Waals surface area contributed by atoms with Gasteiger partial charge in [0.25, 0.3) is 0 Å². The van der Waals surface area contributed by atoms with Gasteiger partial charge >= 0.3 is 0 Å². The fourth-order valence-corrected chi connectivity index (χ4v) is 2.33. The number of rotatable bonds is 3. The second-order valence-corrected chi connectivity index (χ2v) is 4.84.